The van der Waals surface area contributed by atoms with Gasteiger partial charge in [-0.3, -0.25) is 24.2 Å². The van der Waals surface area contributed by atoms with E-state index >= 15 is 0 Å². The molecule has 0 bridgehead atoms. The number of rotatable bonds is 14. The normalized spacial score (nSPS) is 10.6. The molecule has 8 N–H and O–H groups in total. The molecule has 0 unspecified atom stereocenters. The molecule has 15 nitrogen and oxygen atoms in total. The highest BCUT2D eigenvalue weighted by Crippen LogP contribution is 2.22. The number of halogens is 2. The van der Waals surface area contributed by atoms with Crippen molar-refractivity contribution >= 4 is 70.7 Å². The van der Waals surface area contributed by atoms with E-state index in [2.05, 4.69) is 26.4 Å². The lowest BCUT2D eigenvalue weighted by Crippen LogP contribution is -2.44. The van der Waals surface area contributed by atoms with Gasteiger partial charge in [-0.25, -0.2) is 10.4 Å². The Bertz CT molecular complexity index is 1820. The Morgan fingerprint density at radius 2 is 1.33 bits per heavy atom. The van der Waals surface area contributed by atoms with Gasteiger partial charge in [-0.1, -0.05) is 19.1 Å². The fourth-order valence-electron chi connectivity index (χ4n) is 4.89. The van der Waals surface area contributed by atoms with E-state index in [1.54, 1.807) is 77.7 Å². The van der Waals surface area contributed by atoms with E-state index < -0.39 is 11.8 Å². The van der Waals surface area contributed by atoms with Crippen molar-refractivity contribution in [2.75, 3.05) is 41.2 Å². The van der Waals surface area contributed by atoms with Crippen LogP contribution in [0.25, 0.3) is 0 Å². The van der Waals surface area contributed by atoms with Crippen molar-refractivity contribution in [3.8, 4) is 0 Å². The summed E-state index contributed by atoms with van der Waals surface area (Å²) in [7, 11) is 5.05. The molecule has 3 aromatic heterocycles. The van der Waals surface area contributed by atoms with Gasteiger partial charge in [-0.2, -0.15) is 0 Å². The van der Waals surface area contributed by atoms with Crippen LogP contribution in [0, 0.1) is 0 Å². The van der Waals surface area contributed by atoms with Crippen LogP contribution in [0.5, 0.6) is 0 Å². The van der Waals surface area contributed by atoms with Gasteiger partial charge in [0.1, 0.15) is 17.1 Å². The quantitative estimate of drug-likeness (QED) is 0.0379. The smallest absolute Gasteiger partial charge is 0.272 e. The van der Waals surface area contributed by atoms with E-state index in [1.165, 1.54) is 11.1 Å². The number of hydrogen-bond donors (Lipinski definition) is 6. The zero-order chi connectivity index (χ0) is 35.0. The molecule has 3 heterocycles. The molecule has 0 spiro atoms. The number of anilines is 3. The van der Waals surface area contributed by atoms with Crippen LogP contribution in [-0.2, 0) is 27.6 Å². The zero-order valence-corrected chi connectivity index (χ0v) is 29.2. The van der Waals surface area contributed by atoms with Crippen LogP contribution in [0.4, 0.5) is 17.1 Å². The van der Waals surface area contributed by atoms with Crippen molar-refractivity contribution in [2.45, 2.75) is 13.3 Å². The SMILES string of the molecule is CCc1ccc(C(=O)N(NCCCl)c2cc(C(=O)Nc3cc(C(=O)Nc4cc(C(=O)NCCN=C(N)N)n(C)c4)n(C)c3)n(C)c2)cc1.Cl. The summed E-state index contributed by atoms with van der Waals surface area (Å²) in [6.45, 7) is 2.83. The highest BCUT2D eigenvalue weighted by Gasteiger charge is 2.23. The summed E-state index contributed by atoms with van der Waals surface area (Å²) in [6.07, 6.45) is 5.73. The highest BCUT2D eigenvalue weighted by molar-refractivity contribution is 6.18. The van der Waals surface area contributed by atoms with Crippen molar-refractivity contribution in [1.82, 2.24) is 24.4 Å². The lowest BCUT2D eigenvalue weighted by molar-refractivity contribution is 0.0943. The number of aryl methyl sites for hydroxylation is 4. The number of benzene rings is 1. The Hall–Kier alpha value is -5.25. The van der Waals surface area contributed by atoms with Crippen molar-refractivity contribution < 1.29 is 19.2 Å². The molecule has 0 aliphatic rings. The summed E-state index contributed by atoms with van der Waals surface area (Å²) >= 11 is 5.91. The van der Waals surface area contributed by atoms with Gasteiger partial charge in [0, 0.05) is 64.3 Å². The van der Waals surface area contributed by atoms with E-state index in [0.717, 1.165) is 12.0 Å². The second-order valence-corrected chi connectivity index (χ2v) is 11.3. The first kappa shape index (κ1) is 38.2. The zero-order valence-electron chi connectivity index (χ0n) is 27.6. The van der Waals surface area contributed by atoms with Crippen LogP contribution in [0.1, 0.15) is 54.3 Å². The van der Waals surface area contributed by atoms with E-state index in [4.69, 9.17) is 23.1 Å². The van der Waals surface area contributed by atoms with Crippen LogP contribution >= 0.6 is 24.0 Å². The molecule has 0 fully saturated rings. The fraction of sp³-hybridized carbons (Fsp3) is 0.281. The van der Waals surface area contributed by atoms with Crippen molar-refractivity contribution in [2.24, 2.45) is 37.6 Å². The molecule has 0 saturated heterocycles. The molecule has 17 heteroatoms. The number of hydrazine groups is 1. The summed E-state index contributed by atoms with van der Waals surface area (Å²) < 4.78 is 4.76. The summed E-state index contributed by atoms with van der Waals surface area (Å²) in [5.41, 5.74) is 17.3. The number of aromatic nitrogens is 3. The van der Waals surface area contributed by atoms with Crippen LogP contribution < -0.4 is 37.9 Å². The highest BCUT2D eigenvalue weighted by atomic mass is 35.5. The Kier molecular flexibility index (Phi) is 13.4. The summed E-state index contributed by atoms with van der Waals surface area (Å²) in [4.78, 5) is 56.3. The molecule has 4 aromatic rings. The van der Waals surface area contributed by atoms with Crippen LogP contribution in [0.15, 0.2) is 66.0 Å². The third-order valence-corrected chi connectivity index (χ3v) is 7.53. The number of guanidine groups is 1. The molecule has 49 heavy (non-hydrogen) atoms. The minimum Gasteiger partial charge on any atom is -0.370 e. The molecule has 0 aliphatic heterocycles. The average molecular weight is 715 g/mol. The predicted octanol–water partition coefficient (Wildman–Crippen LogP) is 2.58. The van der Waals surface area contributed by atoms with Gasteiger partial charge in [-0.15, -0.1) is 24.0 Å². The topological polar surface area (TPSA) is 199 Å². The molecule has 0 radical (unpaired) electrons. The number of aliphatic imine (C=N–C) groups is 1. The number of carbonyl (C=O) groups is 4. The van der Waals surface area contributed by atoms with E-state index in [-0.39, 0.29) is 60.5 Å². The Balaban J connectivity index is 0.00000650. The monoisotopic (exact) mass is 713 g/mol. The first-order valence-corrected chi connectivity index (χ1v) is 15.6. The number of hydrogen-bond acceptors (Lipinski definition) is 6. The number of nitrogens with one attached hydrogen (secondary N) is 4. The van der Waals surface area contributed by atoms with Crippen molar-refractivity contribution in [1.29, 1.82) is 0 Å². The summed E-state index contributed by atoms with van der Waals surface area (Å²) in [5.74, 6) is -1.35. The second-order valence-electron chi connectivity index (χ2n) is 10.9. The maximum Gasteiger partial charge on any atom is 0.272 e. The molecule has 0 aliphatic carbocycles. The standard InChI is InChI=1S/C32H40ClN11O4.ClH/c1-5-20-6-8-21(9-7-20)31(48)44(38-11-10-33)24-16-27(43(4)19-24)30(47)40-23-15-26(42(3)18-23)29(46)39-22-14-25(41(2)17-22)28(45)36-12-13-37-32(34)35;/h6-9,14-19,38H,5,10-13H2,1-4H3,(H,36,45)(H,39,46)(H,40,47)(H4,34,35,37);1H. The van der Waals surface area contributed by atoms with Crippen LogP contribution in [0.2, 0.25) is 0 Å². The number of amides is 4. The van der Waals surface area contributed by atoms with Gasteiger partial charge >= 0.3 is 0 Å². The molecule has 1 aromatic carbocycles. The molecule has 262 valence electrons. The third-order valence-electron chi connectivity index (χ3n) is 7.34. The first-order valence-electron chi connectivity index (χ1n) is 15.1. The molecule has 0 saturated carbocycles. The second kappa shape index (κ2) is 17.2. The van der Waals surface area contributed by atoms with Gasteiger partial charge in [0.15, 0.2) is 5.96 Å². The Labute approximate surface area is 295 Å². The number of alkyl halides is 1. The lowest BCUT2D eigenvalue weighted by Gasteiger charge is -2.22. The van der Waals surface area contributed by atoms with Gasteiger partial charge in [-0.05, 0) is 42.3 Å². The number of carbonyl (C=O) groups excluding carboxylic acids is 4. The minimum absolute atomic E-state index is 0. The fourth-order valence-corrected chi connectivity index (χ4v) is 4.98. The third kappa shape index (κ3) is 9.65. The molecule has 4 rings (SSSR count). The van der Waals surface area contributed by atoms with Crippen LogP contribution in [-0.4, -0.2) is 68.8 Å². The van der Waals surface area contributed by atoms with Gasteiger partial charge in [0.2, 0.25) is 0 Å². The number of nitrogens with zero attached hydrogens (tertiary/aromatic N) is 5. The maximum atomic E-state index is 13.4. The van der Waals surface area contributed by atoms with Crippen molar-refractivity contribution in [3.05, 3.63) is 89.3 Å². The van der Waals surface area contributed by atoms with E-state index in [9.17, 15) is 19.2 Å². The van der Waals surface area contributed by atoms with Gasteiger partial charge < -0.3 is 41.1 Å². The number of nitrogens with two attached hydrogens (primary N) is 2. The molecule has 0 atom stereocenters. The van der Waals surface area contributed by atoms with Gasteiger partial charge in [0.05, 0.1) is 23.6 Å². The van der Waals surface area contributed by atoms with Crippen molar-refractivity contribution in [3.63, 3.8) is 0 Å². The summed E-state index contributed by atoms with van der Waals surface area (Å²) in [6, 6.07) is 12.0. The Morgan fingerprint density at radius 3 is 1.86 bits per heavy atom. The molecule has 4 amide bonds. The largest absolute Gasteiger partial charge is 0.370 e. The molecular weight excluding hydrogens is 673 g/mol. The van der Waals surface area contributed by atoms with E-state index in [0.29, 0.717) is 34.9 Å². The maximum absolute atomic E-state index is 13.4. The van der Waals surface area contributed by atoms with E-state index in [1.807, 2.05) is 19.1 Å². The predicted molar refractivity (Wildman–Crippen MR) is 194 cm³/mol. The van der Waals surface area contributed by atoms with Crippen LogP contribution in [0.3, 0.4) is 0 Å². The lowest BCUT2D eigenvalue weighted by atomic mass is 10.1. The summed E-state index contributed by atoms with van der Waals surface area (Å²) in [5, 5.41) is 9.68. The average Bonchev–Trinajstić information content (AvgIpc) is 3.74. The Morgan fingerprint density at radius 1 is 0.796 bits per heavy atom. The minimum atomic E-state index is -0.448. The first-order chi connectivity index (χ1) is 22.9. The molecular formula is C32H41Cl2N11O4. The van der Waals surface area contributed by atoms with Gasteiger partial charge in [0.25, 0.3) is 23.6 Å².